The van der Waals surface area contributed by atoms with E-state index in [1.54, 1.807) is 0 Å². The molecule has 0 aliphatic rings. The van der Waals surface area contributed by atoms with Crippen LogP contribution >= 0.6 is 0 Å². The number of nitrogens with two attached hydrogens (primary N) is 1. The maximum absolute atomic E-state index is 5.65. The lowest BCUT2D eigenvalue weighted by Crippen LogP contribution is -2.04. The van der Waals surface area contributed by atoms with E-state index < -0.39 is 0 Å². The van der Waals surface area contributed by atoms with Gasteiger partial charge in [-0.3, -0.25) is 0 Å². The fourth-order valence-corrected chi connectivity index (χ4v) is 2.50. The standard InChI is InChI=1S/C14H20N2/c1-10(2)16-11(3)9-13-12(7-8-15)5-4-6-14(13)16/h4-6,9-10H,7-8,15H2,1-3H3. The second-order valence-corrected chi connectivity index (χ2v) is 4.64. The lowest BCUT2D eigenvalue weighted by Gasteiger charge is -2.12. The molecule has 0 saturated carbocycles. The minimum absolute atomic E-state index is 0.505. The highest BCUT2D eigenvalue weighted by Gasteiger charge is 2.10. The van der Waals surface area contributed by atoms with Gasteiger partial charge in [-0.25, -0.2) is 0 Å². The third-order valence-corrected chi connectivity index (χ3v) is 3.10. The number of fused-ring (bicyclic) bond motifs is 1. The van der Waals surface area contributed by atoms with E-state index in [-0.39, 0.29) is 0 Å². The van der Waals surface area contributed by atoms with E-state index in [4.69, 9.17) is 5.73 Å². The van der Waals surface area contributed by atoms with Crippen molar-refractivity contribution >= 4 is 10.9 Å². The summed E-state index contributed by atoms with van der Waals surface area (Å²) in [5, 5.41) is 1.36. The van der Waals surface area contributed by atoms with E-state index in [1.807, 2.05) is 0 Å². The molecule has 2 N–H and O–H groups in total. The zero-order valence-electron chi connectivity index (χ0n) is 10.3. The van der Waals surface area contributed by atoms with Gasteiger partial charge in [0.1, 0.15) is 0 Å². The Kier molecular flexibility index (Phi) is 3.01. The van der Waals surface area contributed by atoms with Crippen LogP contribution in [0.25, 0.3) is 10.9 Å². The molecule has 0 atom stereocenters. The van der Waals surface area contributed by atoms with Gasteiger partial charge in [0, 0.05) is 22.6 Å². The molecule has 0 amide bonds. The Morgan fingerprint density at radius 3 is 2.69 bits per heavy atom. The van der Waals surface area contributed by atoms with E-state index in [1.165, 1.54) is 22.2 Å². The Labute approximate surface area is 97.1 Å². The molecule has 86 valence electrons. The maximum Gasteiger partial charge on any atom is 0.0487 e. The summed E-state index contributed by atoms with van der Waals surface area (Å²) in [7, 11) is 0. The van der Waals surface area contributed by atoms with Crippen molar-refractivity contribution in [2.24, 2.45) is 5.73 Å². The second kappa shape index (κ2) is 4.30. The van der Waals surface area contributed by atoms with Crippen LogP contribution in [0.2, 0.25) is 0 Å². The lowest BCUT2D eigenvalue weighted by atomic mass is 10.1. The van der Waals surface area contributed by atoms with Crippen LogP contribution in [0, 0.1) is 6.92 Å². The molecule has 1 heterocycles. The highest BCUT2D eigenvalue weighted by Crippen LogP contribution is 2.26. The first-order valence-corrected chi connectivity index (χ1v) is 5.94. The molecule has 0 aliphatic heterocycles. The van der Waals surface area contributed by atoms with Crippen molar-refractivity contribution in [3.8, 4) is 0 Å². The van der Waals surface area contributed by atoms with Gasteiger partial charge in [-0.2, -0.15) is 0 Å². The van der Waals surface area contributed by atoms with Gasteiger partial charge in [0.05, 0.1) is 0 Å². The van der Waals surface area contributed by atoms with E-state index >= 15 is 0 Å². The molecule has 0 aliphatic carbocycles. The first-order chi connectivity index (χ1) is 7.65. The van der Waals surface area contributed by atoms with Gasteiger partial charge >= 0.3 is 0 Å². The van der Waals surface area contributed by atoms with Crippen molar-refractivity contribution in [2.45, 2.75) is 33.2 Å². The molecule has 0 fully saturated rings. The van der Waals surface area contributed by atoms with Gasteiger partial charge in [0.2, 0.25) is 0 Å². The first kappa shape index (κ1) is 11.2. The van der Waals surface area contributed by atoms with Crippen molar-refractivity contribution in [1.29, 1.82) is 0 Å². The van der Waals surface area contributed by atoms with E-state index in [9.17, 15) is 0 Å². The van der Waals surface area contributed by atoms with Crippen LogP contribution in [-0.4, -0.2) is 11.1 Å². The Bertz CT molecular complexity index is 495. The summed E-state index contributed by atoms with van der Waals surface area (Å²) < 4.78 is 2.38. The number of hydrogen-bond acceptors (Lipinski definition) is 1. The van der Waals surface area contributed by atoms with Crippen LogP contribution in [-0.2, 0) is 6.42 Å². The van der Waals surface area contributed by atoms with Gasteiger partial charge < -0.3 is 10.3 Å². The highest BCUT2D eigenvalue weighted by molar-refractivity contribution is 5.85. The van der Waals surface area contributed by atoms with Crippen LogP contribution in [0.15, 0.2) is 24.3 Å². The minimum Gasteiger partial charge on any atom is -0.342 e. The monoisotopic (exact) mass is 216 g/mol. The van der Waals surface area contributed by atoms with Crippen molar-refractivity contribution in [3.63, 3.8) is 0 Å². The number of benzene rings is 1. The Morgan fingerprint density at radius 2 is 2.06 bits per heavy atom. The number of aryl methyl sites for hydroxylation is 1. The van der Waals surface area contributed by atoms with Crippen molar-refractivity contribution in [1.82, 2.24) is 4.57 Å². The van der Waals surface area contributed by atoms with E-state index in [0.717, 1.165) is 6.42 Å². The Morgan fingerprint density at radius 1 is 1.31 bits per heavy atom. The topological polar surface area (TPSA) is 30.9 Å². The summed E-state index contributed by atoms with van der Waals surface area (Å²) in [5.74, 6) is 0. The maximum atomic E-state index is 5.65. The van der Waals surface area contributed by atoms with Gasteiger partial charge in [-0.05, 0) is 51.4 Å². The lowest BCUT2D eigenvalue weighted by molar-refractivity contribution is 0.608. The zero-order valence-corrected chi connectivity index (χ0v) is 10.3. The molecule has 0 spiro atoms. The van der Waals surface area contributed by atoms with E-state index in [0.29, 0.717) is 12.6 Å². The number of hydrogen-bond donors (Lipinski definition) is 1. The molecule has 2 aromatic rings. The summed E-state index contributed by atoms with van der Waals surface area (Å²) in [6.07, 6.45) is 0.957. The molecule has 0 unspecified atom stereocenters. The average molecular weight is 216 g/mol. The second-order valence-electron chi connectivity index (χ2n) is 4.64. The molecule has 2 heteroatoms. The minimum atomic E-state index is 0.505. The molecule has 0 bridgehead atoms. The fraction of sp³-hybridized carbons (Fsp3) is 0.429. The Hall–Kier alpha value is -1.28. The van der Waals surface area contributed by atoms with Gasteiger partial charge in [0.25, 0.3) is 0 Å². The molecule has 1 aromatic carbocycles. The van der Waals surface area contributed by atoms with Crippen molar-refractivity contribution in [3.05, 3.63) is 35.5 Å². The smallest absolute Gasteiger partial charge is 0.0487 e. The SMILES string of the molecule is Cc1cc2c(CCN)cccc2n1C(C)C. The van der Waals surface area contributed by atoms with Crippen molar-refractivity contribution in [2.75, 3.05) is 6.54 Å². The van der Waals surface area contributed by atoms with Crippen LogP contribution in [0.1, 0.15) is 31.1 Å². The third kappa shape index (κ3) is 1.74. The zero-order chi connectivity index (χ0) is 11.7. The predicted octanol–water partition coefficient (Wildman–Crippen LogP) is 3.03. The van der Waals surface area contributed by atoms with Crippen LogP contribution in [0.4, 0.5) is 0 Å². The Balaban J connectivity index is 2.67. The molecule has 1 aromatic heterocycles. The van der Waals surface area contributed by atoms with Crippen molar-refractivity contribution < 1.29 is 0 Å². The molecule has 2 rings (SSSR count). The van der Waals surface area contributed by atoms with Crippen LogP contribution in [0.5, 0.6) is 0 Å². The molecular weight excluding hydrogens is 196 g/mol. The van der Waals surface area contributed by atoms with E-state index in [2.05, 4.69) is 49.6 Å². The predicted molar refractivity (Wildman–Crippen MR) is 69.8 cm³/mol. The third-order valence-electron chi connectivity index (χ3n) is 3.10. The molecular formula is C14H20N2. The first-order valence-electron chi connectivity index (χ1n) is 5.94. The quantitative estimate of drug-likeness (QED) is 0.840. The van der Waals surface area contributed by atoms with Crippen LogP contribution < -0.4 is 5.73 Å². The molecule has 2 nitrogen and oxygen atoms in total. The van der Waals surface area contributed by atoms with Gasteiger partial charge in [-0.15, -0.1) is 0 Å². The van der Waals surface area contributed by atoms with Crippen LogP contribution in [0.3, 0.4) is 0 Å². The molecule has 0 saturated heterocycles. The largest absolute Gasteiger partial charge is 0.342 e. The summed E-state index contributed by atoms with van der Waals surface area (Å²) >= 11 is 0. The fourth-order valence-electron chi connectivity index (χ4n) is 2.50. The summed E-state index contributed by atoms with van der Waals surface area (Å²) in [5.41, 5.74) is 9.67. The molecule has 16 heavy (non-hydrogen) atoms. The highest BCUT2D eigenvalue weighted by atomic mass is 15.0. The number of rotatable bonds is 3. The molecule has 0 radical (unpaired) electrons. The summed E-state index contributed by atoms with van der Waals surface area (Å²) in [6, 6.07) is 9.29. The van der Waals surface area contributed by atoms with Gasteiger partial charge in [0.15, 0.2) is 0 Å². The average Bonchev–Trinajstić information content (AvgIpc) is 2.55. The number of nitrogens with zero attached hydrogens (tertiary/aromatic N) is 1. The normalized spacial score (nSPS) is 11.6. The number of aromatic nitrogens is 1. The van der Waals surface area contributed by atoms with Gasteiger partial charge in [-0.1, -0.05) is 12.1 Å². The summed E-state index contributed by atoms with van der Waals surface area (Å²) in [4.78, 5) is 0. The summed E-state index contributed by atoms with van der Waals surface area (Å²) in [6.45, 7) is 7.33.